The second-order valence-electron chi connectivity index (χ2n) is 4.40. The Morgan fingerprint density at radius 3 is 2.93 bits per heavy atom. The molecule has 84 valence electrons. The van der Waals surface area contributed by atoms with Crippen LogP contribution in [0.4, 0.5) is 0 Å². The van der Waals surface area contributed by atoms with E-state index in [2.05, 4.69) is 23.9 Å². The molecule has 1 saturated carbocycles. The number of aryl methyl sites for hydroxylation is 1. The summed E-state index contributed by atoms with van der Waals surface area (Å²) in [6.45, 7) is 5.35. The molecule has 3 atom stereocenters. The lowest BCUT2D eigenvalue weighted by Gasteiger charge is -2.16. The first-order valence-electron chi connectivity index (χ1n) is 5.75. The van der Waals surface area contributed by atoms with Crippen molar-refractivity contribution >= 4 is 11.6 Å². The highest BCUT2D eigenvalue weighted by Gasteiger charge is 2.35. The molecule has 1 aromatic rings. The van der Waals surface area contributed by atoms with Crippen LogP contribution in [-0.2, 0) is 6.54 Å². The van der Waals surface area contributed by atoms with Crippen molar-refractivity contribution in [1.29, 1.82) is 0 Å². The Morgan fingerprint density at radius 2 is 2.33 bits per heavy atom. The average Bonchev–Trinajstić information content (AvgIpc) is 2.77. The molecule has 0 N–H and O–H groups in total. The van der Waals surface area contributed by atoms with Gasteiger partial charge in [0.25, 0.3) is 0 Å². The molecule has 0 radical (unpaired) electrons. The highest BCUT2D eigenvalue weighted by atomic mass is 35.5. The summed E-state index contributed by atoms with van der Waals surface area (Å²) in [6.07, 6.45) is 5.02. The number of hydrogen-bond acceptors (Lipinski definition) is 2. The van der Waals surface area contributed by atoms with Gasteiger partial charge >= 0.3 is 0 Å². The van der Waals surface area contributed by atoms with Crippen LogP contribution in [0.25, 0.3) is 0 Å². The molecule has 2 rings (SSSR count). The molecular formula is C11H18ClN3. The fourth-order valence-corrected chi connectivity index (χ4v) is 2.73. The second kappa shape index (κ2) is 4.52. The number of nitrogens with zero attached hydrogens (tertiary/aromatic N) is 3. The van der Waals surface area contributed by atoms with Crippen LogP contribution in [0.5, 0.6) is 0 Å². The van der Waals surface area contributed by atoms with Crippen LogP contribution >= 0.6 is 11.6 Å². The number of rotatable bonds is 3. The predicted octanol–water partition coefficient (Wildman–Crippen LogP) is 2.81. The molecule has 0 spiro atoms. The predicted molar refractivity (Wildman–Crippen MR) is 61.1 cm³/mol. The monoisotopic (exact) mass is 227 g/mol. The zero-order chi connectivity index (χ0) is 10.8. The van der Waals surface area contributed by atoms with Crippen molar-refractivity contribution in [1.82, 2.24) is 14.8 Å². The van der Waals surface area contributed by atoms with E-state index in [0.29, 0.717) is 17.2 Å². The minimum absolute atomic E-state index is 0.307. The number of hydrogen-bond donors (Lipinski definition) is 0. The quantitative estimate of drug-likeness (QED) is 0.744. The van der Waals surface area contributed by atoms with Gasteiger partial charge in [-0.25, -0.2) is 9.67 Å². The third-order valence-electron chi connectivity index (χ3n) is 3.37. The van der Waals surface area contributed by atoms with Crippen LogP contribution in [0.15, 0.2) is 6.33 Å². The van der Waals surface area contributed by atoms with Crippen molar-refractivity contribution in [3.05, 3.63) is 12.2 Å². The normalized spacial score (nSPS) is 31.0. The van der Waals surface area contributed by atoms with E-state index in [1.807, 2.05) is 4.68 Å². The lowest BCUT2D eigenvalue weighted by molar-refractivity contribution is 0.465. The Morgan fingerprint density at radius 1 is 1.53 bits per heavy atom. The van der Waals surface area contributed by atoms with E-state index in [1.165, 1.54) is 0 Å². The molecule has 3 unspecified atom stereocenters. The van der Waals surface area contributed by atoms with Crippen molar-refractivity contribution < 1.29 is 0 Å². The molecule has 3 nitrogen and oxygen atoms in total. The van der Waals surface area contributed by atoms with Crippen LogP contribution < -0.4 is 0 Å². The zero-order valence-corrected chi connectivity index (χ0v) is 10.1. The molecule has 0 amide bonds. The SMILES string of the molecule is CCCn1ncnc1C1CCC(Cl)C1C. The molecule has 0 aliphatic heterocycles. The largest absolute Gasteiger partial charge is 0.250 e. The van der Waals surface area contributed by atoms with E-state index in [1.54, 1.807) is 6.33 Å². The number of alkyl halides is 1. The minimum Gasteiger partial charge on any atom is -0.250 e. The molecular weight excluding hydrogens is 210 g/mol. The molecule has 0 saturated heterocycles. The Hall–Kier alpha value is -0.570. The van der Waals surface area contributed by atoms with Gasteiger partial charge in [0.2, 0.25) is 0 Å². The summed E-state index contributed by atoms with van der Waals surface area (Å²) in [7, 11) is 0. The van der Waals surface area contributed by atoms with Crippen LogP contribution in [0, 0.1) is 5.92 Å². The van der Waals surface area contributed by atoms with Crippen molar-refractivity contribution in [3.8, 4) is 0 Å². The van der Waals surface area contributed by atoms with Crippen molar-refractivity contribution in [3.63, 3.8) is 0 Å². The van der Waals surface area contributed by atoms with Gasteiger partial charge < -0.3 is 0 Å². The third kappa shape index (κ3) is 2.03. The molecule has 1 fully saturated rings. The zero-order valence-electron chi connectivity index (χ0n) is 9.36. The van der Waals surface area contributed by atoms with Gasteiger partial charge in [0, 0.05) is 17.8 Å². The molecule has 4 heteroatoms. The third-order valence-corrected chi connectivity index (χ3v) is 3.99. The smallest absolute Gasteiger partial charge is 0.138 e. The van der Waals surface area contributed by atoms with Crippen molar-refractivity contribution in [2.75, 3.05) is 0 Å². The first-order valence-corrected chi connectivity index (χ1v) is 6.19. The van der Waals surface area contributed by atoms with Crippen LogP contribution in [-0.4, -0.2) is 20.1 Å². The summed E-state index contributed by atoms with van der Waals surface area (Å²) in [5.41, 5.74) is 0. The average molecular weight is 228 g/mol. The lowest BCUT2D eigenvalue weighted by Crippen LogP contribution is -2.15. The molecule has 0 aromatic carbocycles. The van der Waals surface area contributed by atoms with Gasteiger partial charge in [-0.1, -0.05) is 13.8 Å². The Labute approximate surface area is 95.8 Å². The van der Waals surface area contributed by atoms with Gasteiger partial charge in [-0.2, -0.15) is 5.10 Å². The maximum absolute atomic E-state index is 6.25. The van der Waals surface area contributed by atoms with E-state index >= 15 is 0 Å². The topological polar surface area (TPSA) is 30.7 Å². The fraction of sp³-hybridized carbons (Fsp3) is 0.818. The van der Waals surface area contributed by atoms with Crippen LogP contribution in [0.1, 0.15) is 44.9 Å². The van der Waals surface area contributed by atoms with Crippen LogP contribution in [0.2, 0.25) is 0 Å². The highest BCUT2D eigenvalue weighted by Crippen LogP contribution is 2.41. The lowest BCUT2D eigenvalue weighted by atomic mass is 9.97. The molecule has 0 bridgehead atoms. The molecule has 1 aromatic heterocycles. The summed E-state index contributed by atoms with van der Waals surface area (Å²) in [4.78, 5) is 4.39. The first-order chi connectivity index (χ1) is 7.24. The summed E-state index contributed by atoms with van der Waals surface area (Å²) in [5.74, 6) is 2.15. The number of halogens is 1. The minimum atomic E-state index is 0.307. The van der Waals surface area contributed by atoms with Crippen LogP contribution in [0.3, 0.4) is 0 Å². The second-order valence-corrected chi connectivity index (χ2v) is 4.96. The molecule has 1 aliphatic rings. The van der Waals surface area contributed by atoms with E-state index in [9.17, 15) is 0 Å². The summed E-state index contributed by atoms with van der Waals surface area (Å²) in [5, 5.41) is 4.58. The Bertz CT molecular complexity index is 323. The maximum atomic E-state index is 6.25. The van der Waals surface area contributed by atoms with E-state index < -0.39 is 0 Å². The van der Waals surface area contributed by atoms with Gasteiger partial charge in [-0.15, -0.1) is 11.6 Å². The van der Waals surface area contributed by atoms with E-state index in [4.69, 9.17) is 11.6 Å². The van der Waals surface area contributed by atoms with Gasteiger partial charge in [0.05, 0.1) is 0 Å². The summed E-state index contributed by atoms with van der Waals surface area (Å²) < 4.78 is 2.04. The van der Waals surface area contributed by atoms with Crippen molar-refractivity contribution in [2.45, 2.75) is 50.9 Å². The summed E-state index contributed by atoms with van der Waals surface area (Å²) >= 11 is 6.25. The van der Waals surface area contributed by atoms with Gasteiger partial charge in [-0.3, -0.25) is 0 Å². The maximum Gasteiger partial charge on any atom is 0.138 e. The van der Waals surface area contributed by atoms with Gasteiger partial charge in [0.1, 0.15) is 12.2 Å². The Balaban J connectivity index is 2.18. The van der Waals surface area contributed by atoms with E-state index in [-0.39, 0.29) is 0 Å². The molecule has 15 heavy (non-hydrogen) atoms. The van der Waals surface area contributed by atoms with Crippen molar-refractivity contribution in [2.24, 2.45) is 5.92 Å². The van der Waals surface area contributed by atoms with E-state index in [0.717, 1.165) is 31.6 Å². The Kier molecular flexibility index (Phi) is 3.29. The standard InChI is InChI=1S/C11H18ClN3/c1-3-6-15-11(13-7-14-15)9-4-5-10(12)8(9)2/h7-10H,3-6H2,1-2H3. The first kappa shape index (κ1) is 10.9. The highest BCUT2D eigenvalue weighted by molar-refractivity contribution is 6.21. The van der Waals surface area contributed by atoms with Gasteiger partial charge in [-0.05, 0) is 25.2 Å². The number of aromatic nitrogens is 3. The van der Waals surface area contributed by atoms with Gasteiger partial charge in [0.15, 0.2) is 0 Å². The molecule has 1 aliphatic carbocycles. The molecule has 1 heterocycles. The summed E-state index contributed by atoms with van der Waals surface area (Å²) in [6, 6.07) is 0. The fourth-order valence-electron chi connectivity index (χ4n) is 2.43.